The van der Waals surface area contributed by atoms with E-state index < -0.39 is 4.92 Å². The summed E-state index contributed by atoms with van der Waals surface area (Å²) in [6.45, 7) is 0.802. The summed E-state index contributed by atoms with van der Waals surface area (Å²) in [7, 11) is 0. The van der Waals surface area contributed by atoms with Crippen LogP contribution < -0.4 is 15.2 Å². The Labute approximate surface area is 111 Å². The maximum Gasteiger partial charge on any atom is 0.282 e. The number of ether oxygens (including phenoxy) is 2. The van der Waals surface area contributed by atoms with Gasteiger partial charge in [-0.15, -0.1) is 11.3 Å². The Hall–Kier alpha value is -2.35. The lowest BCUT2D eigenvalue weighted by atomic mass is 10.1. The number of thiazole rings is 1. The van der Waals surface area contributed by atoms with E-state index in [1.807, 2.05) is 0 Å². The van der Waals surface area contributed by atoms with E-state index in [2.05, 4.69) is 4.98 Å². The van der Waals surface area contributed by atoms with Crippen LogP contribution in [0, 0.1) is 10.1 Å². The van der Waals surface area contributed by atoms with Crippen molar-refractivity contribution in [2.24, 2.45) is 0 Å². The predicted octanol–water partition coefficient (Wildman–Crippen LogP) is 2.07. The minimum Gasteiger partial charge on any atom is -0.486 e. The molecule has 1 aromatic carbocycles. The molecule has 3 rings (SSSR count). The summed E-state index contributed by atoms with van der Waals surface area (Å²) in [4.78, 5) is 14.7. The quantitative estimate of drug-likeness (QED) is 0.667. The molecule has 2 aromatic rings. The van der Waals surface area contributed by atoms with E-state index in [-0.39, 0.29) is 5.69 Å². The molecule has 0 bridgehead atoms. The molecular formula is C11H9N3O4S. The average molecular weight is 279 g/mol. The Morgan fingerprint density at radius 1 is 1.32 bits per heavy atom. The number of fused-ring (bicyclic) bond motifs is 1. The van der Waals surface area contributed by atoms with Gasteiger partial charge in [-0.2, -0.15) is 0 Å². The second-order valence-corrected chi connectivity index (χ2v) is 4.73. The van der Waals surface area contributed by atoms with Crippen LogP contribution in [0.25, 0.3) is 11.3 Å². The molecule has 1 aromatic heterocycles. The maximum absolute atomic E-state index is 11.1. The smallest absolute Gasteiger partial charge is 0.282 e. The number of nitrogen functional groups attached to an aromatic ring is 1. The number of hydrogen-bond donors (Lipinski definition) is 1. The van der Waals surface area contributed by atoms with E-state index >= 15 is 0 Å². The topological polar surface area (TPSA) is 101 Å². The fourth-order valence-corrected chi connectivity index (χ4v) is 2.41. The molecule has 19 heavy (non-hydrogen) atoms. The molecule has 0 atom stereocenters. The van der Waals surface area contributed by atoms with Crippen molar-refractivity contribution >= 4 is 22.2 Å². The molecule has 0 spiro atoms. The van der Waals surface area contributed by atoms with Gasteiger partial charge in [0.05, 0.1) is 22.2 Å². The standard InChI is InChI=1S/C11H9N3O4S/c12-11-13-7(5-19-11)6-3-9-10(18-2-1-17-9)4-8(6)14(15)16/h3-5H,1-2H2,(H2,12,13). The van der Waals surface area contributed by atoms with E-state index in [0.717, 1.165) is 0 Å². The van der Waals surface area contributed by atoms with E-state index in [1.54, 1.807) is 11.4 Å². The Morgan fingerprint density at radius 2 is 2.00 bits per heavy atom. The third-order valence-electron chi connectivity index (χ3n) is 2.66. The number of nitro benzene ring substituents is 1. The zero-order chi connectivity index (χ0) is 13.4. The van der Waals surface area contributed by atoms with Gasteiger partial charge in [-0.05, 0) is 0 Å². The van der Waals surface area contributed by atoms with Crippen LogP contribution in [-0.4, -0.2) is 23.1 Å². The van der Waals surface area contributed by atoms with Crippen molar-refractivity contribution in [2.75, 3.05) is 18.9 Å². The molecule has 1 aliphatic rings. The van der Waals surface area contributed by atoms with Crippen LogP contribution in [0.2, 0.25) is 0 Å². The highest BCUT2D eigenvalue weighted by Crippen LogP contribution is 2.41. The average Bonchev–Trinajstić information content (AvgIpc) is 2.83. The molecule has 0 aliphatic carbocycles. The van der Waals surface area contributed by atoms with Crippen LogP contribution in [0.3, 0.4) is 0 Å². The minimum absolute atomic E-state index is 0.0745. The molecule has 8 heteroatoms. The van der Waals surface area contributed by atoms with Crippen molar-refractivity contribution < 1.29 is 14.4 Å². The predicted molar refractivity (Wildman–Crippen MR) is 69.6 cm³/mol. The highest BCUT2D eigenvalue weighted by Gasteiger charge is 2.24. The fraction of sp³-hybridized carbons (Fsp3) is 0.182. The van der Waals surface area contributed by atoms with Crippen LogP contribution in [0.15, 0.2) is 17.5 Å². The zero-order valence-corrected chi connectivity index (χ0v) is 10.5. The summed E-state index contributed by atoms with van der Waals surface area (Å²) in [6, 6.07) is 2.93. The Balaban J connectivity index is 2.18. The van der Waals surface area contributed by atoms with Crippen LogP contribution in [0.1, 0.15) is 0 Å². The highest BCUT2D eigenvalue weighted by atomic mass is 32.1. The molecule has 2 N–H and O–H groups in total. The molecule has 0 saturated heterocycles. The molecule has 0 radical (unpaired) electrons. The third-order valence-corrected chi connectivity index (χ3v) is 3.33. The van der Waals surface area contributed by atoms with Crippen molar-refractivity contribution in [3.05, 3.63) is 27.6 Å². The van der Waals surface area contributed by atoms with Crippen LogP contribution >= 0.6 is 11.3 Å². The second kappa shape index (κ2) is 4.39. The lowest BCUT2D eigenvalue weighted by Gasteiger charge is -2.18. The molecule has 0 fully saturated rings. The lowest BCUT2D eigenvalue weighted by molar-refractivity contribution is -0.384. The summed E-state index contributed by atoms with van der Waals surface area (Å²) in [6.07, 6.45) is 0. The van der Waals surface area contributed by atoms with E-state index in [0.29, 0.717) is 41.1 Å². The van der Waals surface area contributed by atoms with Crippen molar-refractivity contribution in [2.45, 2.75) is 0 Å². The largest absolute Gasteiger partial charge is 0.486 e. The molecule has 1 aliphatic heterocycles. The second-order valence-electron chi connectivity index (χ2n) is 3.84. The van der Waals surface area contributed by atoms with Gasteiger partial charge in [0.2, 0.25) is 0 Å². The monoisotopic (exact) mass is 279 g/mol. The number of nitrogens with zero attached hydrogens (tertiary/aromatic N) is 2. The number of hydrogen-bond acceptors (Lipinski definition) is 7. The summed E-state index contributed by atoms with van der Waals surface area (Å²) in [5.74, 6) is 0.864. The number of anilines is 1. The number of benzene rings is 1. The van der Waals surface area contributed by atoms with Gasteiger partial charge < -0.3 is 15.2 Å². The Bertz CT molecular complexity index is 655. The SMILES string of the molecule is Nc1nc(-c2cc3c(cc2[N+](=O)[O-])OCCO3)cs1. The van der Waals surface area contributed by atoms with Gasteiger partial charge in [-0.1, -0.05) is 0 Å². The van der Waals surface area contributed by atoms with Gasteiger partial charge in [-0.25, -0.2) is 4.98 Å². The van der Waals surface area contributed by atoms with Gasteiger partial charge in [0, 0.05) is 11.4 Å². The van der Waals surface area contributed by atoms with Crippen LogP contribution in [-0.2, 0) is 0 Å². The molecule has 2 heterocycles. The van der Waals surface area contributed by atoms with E-state index in [1.165, 1.54) is 17.4 Å². The van der Waals surface area contributed by atoms with Crippen LogP contribution in [0.4, 0.5) is 10.8 Å². The minimum atomic E-state index is -0.469. The van der Waals surface area contributed by atoms with Gasteiger partial charge >= 0.3 is 0 Å². The van der Waals surface area contributed by atoms with E-state index in [9.17, 15) is 10.1 Å². The summed E-state index contributed by atoms with van der Waals surface area (Å²) in [5, 5.41) is 13.2. The highest BCUT2D eigenvalue weighted by molar-refractivity contribution is 7.13. The first-order chi connectivity index (χ1) is 9.15. The molecule has 98 valence electrons. The summed E-state index contributed by atoms with van der Waals surface area (Å²) < 4.78 is 10.8. The first-order valence-electron chi connectivity index (χ1n) is 5.44. The number of nitro groups is 1. The van der Waals surface area contributed by atoms with Crippen molar-refractivity contribution in [3.63, 3.8) is 0 Å². The molecule has 0 unspecified atom stereocenters. The van der Waals surface area contributed by atoms with Crippen molar-refractivity contribution in [1.29, 1.82) is 0 Å². The summed E-state index contributed by atoms with van der Waals surface area (Å²) in [5.41, 5.74) is 6.33. The van der Waals surface area contributed by atoms with Gasteiger partial charge in [0.25, 0.3) is 5.69 Å². The number of aromatic nitrogens is 1. The van der Waals surface area contributed by atoms with Crippen molar-refractivity contribution in [1.82, 2.24) is 4.98 Å². The molecular weight excluding hydrogens is 270 g/mol. The lowest BCUT2D eigenvalue weighted by Crippen LogP contribution is -2.15. The normalized spacial score (nSPS) is 13.3. The molecule has 7 nitrogen and oxygen atoms in total. The Morgan fingerprint density at radius 3 is 2.58 bits per heavy atom. The third kappa shape index (κ3) is 2.06. The number of nitrogens with two attached hydrogens (primary N) is 1. The van der Waals surface area contributed by atoms with E-state index in [4.69, 9.17) is 15.2 Å². The first-order valence-corrected chi connectivity index (χ1v) is 6.32. The molecule has 0 saturated carbocycles. The van der Waals surface area contributed by atoms with Crippen LogP contribution in [0.5, 0.6) is 11.5 Å². The van der Waals surface area contributed by atoms with Gasteiger partial charge in [0.15, 0.2) is 16.6 Å². The first kappa shape index (κ1) is 11.7. The Kier molecular flexibility index (Phi) is 2.71. The van der Waals surface area contributed by atoms with Gasteiger partial charge in [0.1, 0.15) is 13.2 Å². The van der Waals surface area contributed by atoms with Gasteiger partial charge in [-0.3, -0.25) is 10.1 Å². The zero-order valence-electron chi connectivity index (χ0n) is 9.66. The maximum atomic E-state index is 11.1. The summed E-state index contributed by atoms with van der Waals surface area (Å²) >= 11 is 1.23. The fourth-order valence-electron chi connectivity index (χ4n) is 1.85. The molecule has 0 amide bonds. The van der Waals surface area contributed by atoms with Crippen molar-refractivity contribution in [3.8, 4) is 22.8 Å². The number of rotatable bonds is 2.